The van der Waals surface area contributed by atoms with Gasteiger partial charge in [-0.1, -0.05) is 32.3 Å². The van der Waals surface area contributed by atoms with E-state index in [1.54, 1.807) is 13.0 Å². The quantitative estimate of drug-likeness (QED) is 0.296. The van der Waals surface area contributed by atoms with E-state index < -0.39 is 11.6 Å². The second kappa shape index (κ2) is 7.27. The van der Waals surface area contributed by atoms with E-state index in [2.05, 4.69) is 6.92 Å². The highest BCUT2D eigenvalue weighted by Crippen LogP contribution is 2.37. The number of carbonyl (C=O) groups excluding carboxylic acids is 2. The molecule has 0 aliphatic carbocycles. The standard InChI is InChI=1S/C16H24O4/c1-5-7-8-9-11-16(3)14(19-4)13(15(18)20-16)12(17)10-6-2/h6,10H,5,7-9,11H2,1-4H3/b10-6+. The van der Waals surface area contributed by atoms with Crippen molar-refractivity contribution in [2.75, 3.05) is 7.11 Å². The molecule has 0 bridgehead atoms. The van der Waals surface area contributed by atoms with E-state index in [-0.39, 0.29) is 11.4 Å². The van der Waals surface area contributed by atoms with Crippen LogP contribution in [0.15, 0.2) is 23.5 Å². The molecular weight excluding hydrogens is 256 g/mol. The number of hydrogen-bond acceptors (Lipinski definition) is 4. The Morgan fingerprint density at radius 1 is 1.35 bits per heavy atom. The Morgan fingerprint density at radius 3 is 2.60 bits per heavy atom. The second-order valence-electron chi connectivity index (χ2n) is 5.20. The van der Waals surface area contributed by atoms with Gasteiger partial charge in [0.25, 0.3) is 0 Å². The number of unbranched alkanes of at least 4 members (excludes halogenated alkanes) is 3. The van der Waals surface area contributed by atoms with Gasteiger partial charge in [-0.3, -0.25) is 4.79 Å². The van der Waals surface area contributed by atoms with Crippen molar-refractivity contribution < 1.29 is 19.1 Å². The van der Waals surface area contributed by atoms with Crippen LogP contribution in [0.5, 0.6) is 0 Å². The van der Waals surface area contributed by atoms with Crippen molar-refractivity contribution in [1.82, 2.24) is 0 Å². The molecule has 1 aliphatic heterocycles. The van der Waals surface area contributed by atoms with Crippen LogP contribution >= 0.6 is 0 Å². The highest BCUT2D eigenvalue weighted by molar-refractivity contribution is 6.23. The topological polar surface area (TPSA) is 52.6 Å². The van der Waals surface area contributed by atoms with Crippen LogP contribution in [0.25, 0.3) is 0 Å². The van der Waals surface area contributed by atoms with Gasteiger partial charge in [-0.2, -0.15) is 0 Å². The van der Waals surface area contributed by atoms with Gasteiger partial charge in [0.05, 0.1) is 7.11 Å². The molecule has 1 heterocycles. The Kier molecular flexibility index (Phi) is 5.99. The molecule has 20 heavy (non-hydrogen) atoms. The van der Waals surface area contributed by atoms with Crippen molar-refractivity contribution in [3.8, 4) is 0 Å². The SMILES string of the molecule is C/C=C/C(=O)C1=C(OC)C(C)(CCCCCC)OC1=O. The average molecular weight is 280 g/mol. The first-order valence-corrected chi connectivity index (χ1v) is 7.19. The number of rotatable bonds is 8. The van der Waals surface area contributed by atoms with Crippen molar-refractivity contribution in [2.24, 2.45) is 0 Å². The van der Waals surface area contributed by atoms with Crippen LogP contribution in [-0.4, -0.2) is 24.5 Å². The molecule has 0 aromatic rings. The van der Waals surface area contributed by atoms with E-state index in [4.69, 9.17) is 9.47 Å². The van der Waals surface area contributed by atoms with Crippen LogP contribution in [0.2, 0.25) is 0 Å². The number of hydrogen-bond donors (Lipinski definition) is 0. The van der Waals surface area contributed by atoms with E-state index in [0.29, 0.717) is 12.2 Å². The summed E-state index contributed by atoms with van der Waals surface area (Å²) in [5.74, 6) is -0.573. The molecule has 112 valence electrons. The maximum atomic E-state index is 12.0. The number of carbonyl (C=O) groups is 2. The third-order valence-electron chi connectivity index (χ3n) is 3.51. The minimum Gasteiger partial charge on any atom is -0.496 e. The molecule has 0 radical (unpaired) electrons. The van der Waals surface area contributed by atoms with Gasteiger partial charge in [0, 0.05) is 0 Å². The van der Waals surface area contributed by atoms with Crippen molar-refractivity contribution >= 4 is 11.8 Å². The zero-order chi connectivity index (χ0) is 15.2. The third kappa shape index (κ3) is 3.50. The summed E-state index contributed by atoms with van der Waals surface area (Å²) in [7, 11) is 1.48. The fourth-order valence-electron chi connectivity index (χ4n) is 2.48. The first-order valence-electron chi connectivity index (χ1n) is 7.19. The zero-order valence-corrected chi connectivity index (χ0v) is 12.8. The van der Waals surface area contributed by atoms with Crippen LogP contribution in [0.3, 0.4) is 0 Å². The first-order chi connectivity index (χ1) is 9.50. The molecule has 0 saturated carbocycles. The summed E-state index contributed by atoms with van der Waals surface area (Å²) in [6.07, 6.45) is 7.96. The van der Waals surface area contributed by atoms with Crippen molar-refractivity contribution in [2.45, 2.75) is 58.5 Å². The molecular formula is C16H24O4. The lowest BCUT2D eigenvalue weighted by Crippen LogP contribution is -2.28. The monoisotopic (exact) mass is 280 g/mol. The highest BCUT2D eigenvalue weighted by Gasteiger charge is 2.47. The lowest BCUT2D eigenvalue weighted by Gasteiger charge is -2.25. The molecule has 0 saturated heterocycles. The number of cyclic esters (lactones) is 1. The lowest BCUT2D eigenvalue weighted by atomic mass is 9.94. The van der Waals surface area contributed by atoms with Gasteiger partial charge in [-0.05, 0) is 32.8 Å². The van der Waals surface area contributed by atoms with Gasteiger partial charge >= 0.3 is 5.97 Å². The maximum Gasteiger partial charge on any atom is 0.346 e. The minimum absolute atomic E-state index is 0.0311. The second-order valence-corrected chi connectivity index (χ2v) is 5.20. The number of esters is 1. The van der Waals surface area contributed by atoms with Gasteiger partial charge in [-0.15, -0.1) is 0 Å². The zero-order valence-electron chi connectivity index (χ0n) is 12.8. The molecule has 0 fully saturated rings. The van der Waals surface area contributed by atoms with Gasteiger partial charge in [0.2, 0.25) is 0 Å². The highest BCUT2D eigenvalue weighted by atomic mass is 16.6. The van der Waals surface area contributed by atoms with Crippen LogP contribution in [0, 0.1) is 0 Å². The molecule has 0 N–H and O–H groups in total. The van der Waals surface area contributed by atoms with Crippen LogP contribution in [0.1, 0.15) is 52.9 Å². The summed E-state index contributed by atoms with van der Waals surface area (Å²) >= 11 is 0. The van der Waals surface area contributed by atoms with E-state index in [9.17, 15) is 9.59 Å². The molecule has 1 rings (SSSR count). The van der Waals surface area contributed by atoms with Crippen molar-refractivity contribution in [1.29, 1.82) is 0 Å². The minimum atomic E-state index is -0.813. The number of ketones is 1. The van der Waals surface area contributed by atoms with Crippen LogP contribution in [0.4, 0.5) is 0 Å². The van der Waals surface area contributed by atoms with Gasteiger partial charge < -0.3 is 9.47 Å². The summed E-state index contributed by atoms with van der Waals surface area (Å²) in [4.78, 5) is 23.9. The molecule has 4 heteroatoms. The predicted octanol–water partition coefficient (Wildman–Crippen LogP) is 3.32. The predicted molar refractivity (Wildman–Crippen MR) is 77.1 cm³/mol. The Bertz CT molecular complexity index is 434. The van der Waals surface area contributed by atoms with Crippen LogP contribution < -0.4 is 0 Å². The summed E-state index contributed by atoms with van der Waals surface area (Å²) in [6, 6.07) is 0. The largest absolute Gasteiger partial charge is 0.496 e. The van der Waals surface area contributed by atoms with E-state index in [1.807, 2.05) is 6.92 Å². The smallest absolute Gasteiger partial charge is 0.346 e. The molecule has 1 aliphatic rings. The molecule has 1 unspecified atom stereocenters. The first kappa shape index (κ1) is 16.5. The molecule has 0 amide bonds. The summed E-state index contributed by atoms with van der Waals surface area (Å²) in [6.45, 7) is 5.69. The summed E-state index contributed by atoms with van der Waals surface area (Å²) < 4.78 is 10.7. The maximum absolute atomic E-state index is 12.0. The number of methoxy groups -OCH3 is 1. The Morgan fingerprint density at radius 2 is 2.05 bits per heavy atom. The molecule has 1 atom stereocenters. The Labute approximate surface area is 120 Å². The third-order valence-corrected chi connectivity index (χ3v) is 3.51. The molecule has 0 aromatic carbocycles. The van der Waals surface area contributed by atoms with Gasteiger partial charge in [0.1, 0.15) is 5.57 Å². The fourth-order valence-corrected chi connectivity index (χ4v) is 2.48. The van der Waals surface area contributed by atoms with E-state index in [1.165, 1.54) is 13.2 Å². The Hall–Kier alpha value is -1.58. The molecule has 4 nitrogen and oxygen atoms in total. The molecule has 0 spiro atoms. The number of allylic oxidation sites excluding steroid dienone is 2. The number of ether oxygens (including phenoxy) is 2. The normalized spacial score (nSPS) is 22.5. The van der Waals surface area contributed by atoms with Gasteiger partial charge in [-0.25, -0.2) is 4.79 Å². The summed E-state index contributed by atoms with van der Waals surface area (Å²) in [5.41, 5.74) is -0.782. The Balaban J connectivity index is 2.93. The fraction of sp³-hybridized carbons (Fsp3) is 0.625. The average Bonchev–Trinajstić information content (AvgIpc) is 2.66. The van der Waals surface area contributed by atoms with Crippen molar-refractivity contribution in [3.63, 3.8) is 0 Å². The van der Waals surface area contributed by atoms with E-state index in [0.717, 1.165) is 25.7 Å². The van der Waals surface area contributed by atoms with Gasteiger partial charge in [0.15, 0.2) is 17.1 Å². The lowest BCUT2D eigenvalue weighted by molar-refractivity contribution is -0.148. The van der Waals surface area contributed by atoms with Crippen LogP contribution in [-0.2, 0) is 19.1 Å². The summed E-state index contributed by atoms with van der Waals surface area (Å²) in [5, 5.41) is 0. The van der Waals surface area contributed by atoms with E-state index >= 15 is 0 Å². The molecule has 0 aromatic heterocycles. The van der Waals surface area contributed by atoms with Crippen molar-refractivity contribution in [3.05, 3.63) is 23.5 Å².